The van der Waals surface area contributed by atoms with E-state index in [2.05, 4.69) is 28.1 Å². The van der Waals surface area contributed by atoms with Crippen molar-refractivity contribution in [1.82, 2.24) is 0 Å². The van der Waals surface area contributed by atoms with Crippen LogP contribution in [0, 0.1) is 0 Å². The second-order valence-electron chi connectivity index (χ2n) is 3.56. The first-order valence-corrected chi connectivity index (χ1v) is 5.99. The van der Waals surface area contributed by atoms with Crippen molar-refractivity contribution >= 4 is 27.5 Å². The minimum atomic E-state index is 0.503. The molecule has 0 saturated carbocycles. The molecule has 0 heterocycles. The van der Waals surface area contributed by atoms with Gasteiger partial charge in [-0.2, -0.15) is 0 Å². The van der Waals surface area contributed by atoms with E-state index in [9.17, 15) is 0 Å². The molecule has 0 saturated heterocycles. The fraction of sp³-hybridized carbons (Fsp3) is 0.455. The lowest BCUT2D eigenvalue weighted by Crippen LogP contribution is -1.92. The van der Waals surface area contributed by atoms with E-state index < -0.39 is 0 Å². The standard InChI is InChI=1S/C11H12BrCl/c12-11-4-2-1-3-8-5-6-9(13)7-10(8)11/h5-7,11H,1-4H2. The zero-order chi connectivity index (χ0) is 9.26. The van der Waals surface area contributed by atoms with Crippen LogP contribution in [0.3, 0.4) is 0 Å². The van der Waals surface area contributed by atoms with Crippen LogP contribution in [0.15, 0.2) is 18.2 Å². The third kappa shape index (κ3) is 2.08. The Kier molecular flexibility index (Phi) is 2.95. The van der Waals surface area contributed by atoms with Crippen molar-refractivity contribution in [2.75, 3.05) is 0 Å². The number of hydrogen-bond acceptors (Lipinski definition) is 0. The van der Waals surface area contributed by atoms with E-state index in [1.807, 2.05) is 6.07 Å². The third-order valence-electron chi connectivity index (χ3n) is 2.60. The molecule has 0 nitrogen and oxygen atoms in total. The van der Waals surface area contributed by atoms with Gasteiger partial charge in [0.25, 0.3) is 0 Å². The quantitative estimate of drug-likeness (QED) is 0.475. The van der Waals surface area contributed by atoms with Crippen LogP contribution < -0.4 is 0 Å². The van der Waals surface area contributed by atoms with Crippen molar-refractivity contribution in [2.24, 2.45) is 0 Å². The largest absolute Gasteiger partial charge is 0.0843 e. The van der Waals surface area contributed by atoms with Gasteiger partial charge in [-0.25, -0.2) is 0 Å². The molecule has 1 aromatic rings. The molecule has 0 spiro atoms. The van der Waals surface area contributed by atoms with Gasteiger partial charge in [-0.1, -0.05) is 40.0 Å². The second-order valence-corrected chi connectivity index (χ2v) is 5.10. The molecule has 2 heteroatoms. The van der Waals surface area contributed by atoms with E-state index in [-0.39, 0.29) is 0 Å². The number of halogens is 2. The van der Waals surface area contributed by atoms with Crippen molar-refractivity contribution in [2.45, 2.75) is 30.5 Å². The Morgan fingerprint density at radius 1 is 1.31 bits per heavy atom. The fourth-order valence-corrected chi connectivity index (χ4v) is 2.81. The minimum absolute atomic E-state index is 0.503. The number of alkyl halides is 1. The van der Waals surface area contributed by atoms with Gasteiger partial charge in [0, 0.05) is 9.85 Å². The van der Waals surface area contributed by atoms with Gasteiger partial charge in [0.1, 0.15) is 0 Å². The van der Waals surface area contributed by atoms with Gasteiger partial charge in [-0.15, -0.1) is 0 Å². The molecule has 0 fully saturated rings. The molecular formula is C11H12BrCl. The van der Waals surface area contributed by atoms with Crippen LogP contribution in [-0.2, 0) is 6.42 Å². The number of fused-ring (bicyclic) bond motifs is 1. The lowest BCUT2D eigenvalue weighted by molar-refractivity contribution is 0.708. The van der Waals surface area contributed by atoms with Gasteiger partial charge >= 0.3 is 0 Å². The van der Waals surface area contributed by atoms with E-state index in [0.29, 0.717) is 4.83 Å². The summed E-state index contributed by atoms with van der Waals surface area (Å²) >= 11 is 9.69. The highest BCUT2D eigenvalue weighted by molar-refractivity contribution is 9.09. The second kappa shape index (κ2) is 4.02. The van der Waals surface area contributed by atoms with Crippen LogP contribution in [0.1, 0.15) is 35.2 Å². The minimum Gasteiger partial charge on any atom is -0.0843 e. The van der Waals surface area contributed by atoms with E-state index in [4.69, 9.17) is 11.6 Å². The molecule has 1 aliphatic carbocycles. The Balaban J connectivity index is 2.43. The van der Waals surface area contributed by atoms with Gasteiger partial charge < -0.3 is 0 Å². The molecule has 1 aromatic carbocycles. The summed E-state index contributed by atoms with van der Waals surface area (Å²) in [4.78, 5) is 0.503. The Labute approximate surface area is 92.4 Å². The first-order valence-electron chi connectivity index (χ1n) is 4.70. The number of aryl methyl sites for hydroxylation is 1. The van der Waals surface area contributed by atoms with Crippen LogP contribution in [0.25, 0.3) is 0 Å². The van der Waals surface area contributed by atoms with Crippen LogP contribution in [0.5, 0.6) is 0 Å². The molecule has 0 amide bonds. The first kappa shape index (κ1) is 9.54. The fourth-order valence-electron chi connectivity index (χ4n) is 1.88. The molecule has 0 aliphatic heterocycles. The van der Waals surface area contributed by atoms with Crippen LogP contribution in [0.2, 0.25) is 5.02 Å². The maximum Gasteiger partial charge on any atom is 0.0409 e. The molecule has 0 aromatic heterocycles. The topological polar surface area (TPSA) is 0 Å². The number of hydrogen-bond donors (Lipinski definition) is 0. The molecular weight excluding hydrogens is 247 g/mol. The van der Waals surface area contributed by atoms with Crippen LogP contribution >= 0.6 is 27.5 Å². The number of rotatable bonds is 0. The van der Waals surface area contributed by atoms with Crippen molar-refractivity contribution in [3.8, 4) is 0 Å². The summed E-state index contributed by atoms with van der Waals surface area (Å²) in [5, 5.41) is 0.852. The highest BCUT2D eigenvalue weighted by Crippen LogP contribution is 2.36. The molecule has 1 unspecified atom stereocenters. The van der Waals surface area contributed by atoms with Gasteiger partial charge in [-0.05, 0) is 42.5 Å². The molecule has 0 N–H and O–H groups in total. The first-order chi connectivity index (χ1) is 6.27. The molecule has 0 bridgehead atoms. The van der Waals surface area contributed by atoms with Gasteiger partial charge in [0.15, 0.2) is 0 Å². The lowest BCUT2D eigenvalue weighted by atomic mass is 10.0. The van der Waals surface area contributed by atoms with Gasteiger partial charge in [0.2, 0.25) is 0 Å². The predicted octanol–water partition coefficient (Wildman–Crippen LogP) is 4.50. The highest BCUT2D eigenvalue weighted by atomic mass is 79.9. The molecule has 2 rings (SSSR count). The van der Waals surface area contributed by atoms with E-state index >= 15 is 0 Å². The SMILES string of the molecule is Clc1ccc2c(c1)C(Br)CCCC2. The highest BCUT2D eigenvalue weighted by Gasteiger charge is 2.15. The maximum absolute atomic E-state index is 5.97. The Morgan fingerprint density at radius 3 is 3.00 bits per heavy atom. The Bertz CT molecular complexity index is 309. The average molecular weight is 260 g/mol. The van der Waals surface area contributed by atoms with Crippen molar-refractivity contribution < 1.29 is 0 Å². The van der Waals surface area contributed by atoms with Gasteiger partial charge in [-0.3, -0.25) is 0 Å². The molecule has 1 aliphatic rings. The van der Waals surface area contributed by atoms with Crippen molar-refractivity contribution in [3.05, 3.63) is 34.3 Å². The molecule has 0 radical (unpaired) electrons. The normalized spacial score (nSPS) is 22.2. The Morgan fingerprint density at radius 2 is 2.15 bits per heavy atom. The van der Waals surface area contributed by atoms with E-state index in [0.717, 1.165) is 5.02 Å². The molecule has 13 heavy (non-hydrogen) atoms. The zero-order valence-electron chi connectivity index (χ0n) is 7.39. The number of benzene rings is 1. The summed E-state index contributed by atoms with van der Waals surface area (Å²) in [5.41, 5.74) is 2.86. The van der Waals surface area contributed by atoms with Gasteiger partial charge in [0.05, 0.1) is 0 Å². The third-order valence-corrected chi connectivity index (χ3v) is 3.79. The summed E-state index contributed by atoms with van der Waals surface area (Å²) in [5.74, 6) is 0. The predicted molar refractivity (Wildman–Crippen MR) is 60.7 cm³/mol. The summed E-state index contributed by atoms with van der Waals surface area (Å²) in [6.45, 7) is 0. The van der Waals surface area contributed by atoms with Crippen LogP contribution in [0.4, 0.5) is 0 Å². The monoisotopic (exact) mass is 258 g/mol. The Hall–Kier alpha value is -0.0100. The summed E-state index contributed by atoms with van der Waals surface area (Å²) in [7, 11) is 0. The zero-order valence-corrected chi connectivity index (χ0v) is 9.74. The maximum atomic E-state index is 5.97. The summed E-state index contributed by atoms with van der Waals surface area (Å²) in [6.07, 6.45) is 5.04. The smallest absolute Gasteiger partial charge is 0.0409 e. The van der Waals surface area contributed by atoms with Crippen molar-refractivity contribution in [3.63, 3.8) is 0 Å². The van der Waals surface area contributed by atoms with E-state index in [1.165, 1.54) is 36.8 Å². The average Bonchev–Trinajstić information content (AvgIpc) is 2.29. The summed E-state index contributed by atoms with van der Waals surface area (Å²) < 4.78 is 0. The van der Waals surface area contributed by atoms with Crippen molar-refractivity contribution in [1.29, 1.82) is 0 Å². The molecule has 70 valence electrons. The van der Waals surface area contributed by atoms with E-state index in [1.54, 1.807) is 0 Å². The summed E-state index contributed by atoms with van der Waals surface area (Å²) in [6, 6.07) is 6.25. The lowest BCUT2D eigenvalue weighted by Gasteiger charge is -2.10. The van der Waals surface area contributed by atoms with Crippen LogP contribution in [-0.4, -0.2) is 0 Å². The molecule has 1 atom stereocenters.